The third-order valence-electron chi connectivity index (χ3n) is 3.31. The van der Waals surface area contributed by atoms with Crippen molar-refractivity contribution in [2.45, 2.75) is 0 Å². The minimum atomic E-state index is 0.0378. The number of nitrogens with zero attached hydrogens (tertiary/aromatic N) is 2. The molecule has 98 valence electrons. The number of amides is 1. The average Bonchev–Trinajstić information content (AvgIpc) is 2.47. The van der Waals surface area contributed by atoms with Gasteiger partial charge in [0.2, 0.25) is 0 Å². The lowest BCUT2D eigenvalue weighted by Crippen LogP contribution is -2.46. The molecule has 0 atom stereocenters. The van der Waals surface area contributed by atoms with Gasteiger partial charge in [-0.2, -0.15) is 0 Å². The first kappa shape index (κ1) is 12.4. The van der Waals surface area contributed by atoms with Crippen LogP contribution in [0.4, 0.5) is 0 Å². The number of nitrogens with one attached hydrogen (secondary N) is 1. The second-order valence-electron chi connectivity index (χ2n) is 4.58. The van der Waals surface area contributed by atoms with E-state index in [0.29, 0.717) is 10.6 Å². The number of para-hydroxylation sites is 1. The van der Waals surface area contributed by atoms with Crippen LogP contribution >= 0.6 is 11.6 Å². The van der Waals surface area contributed by atoms with E-state index in [4.69, 9.17) is 11.6 Å². The highest BCUT2D eigenvalue weighted by Gasteiger charge is 2.18. The second kappa shape index (κ2) is 5.15. The Morgan fingerprint density at radius 1 is 1.32 bits per heavy atom. The van der Waals surface area contributed by atoms with Gasteiger partial charge in [0.1, 0.15) is 0 Å². The molecule has 0 spiro atoms. The van der Waals surface area contributed by atoms with E-state index in [1.165, 1.54) is 0 Å². The van der Waals surface area contributed by atoms with Gasteiger partial charge in [0, 0.05) is 37.8 Å². The van der Waals surface area contributed by atoms with Crippen LogP contribution in [0.1, 0.15) is 10.4 Å². The predicted molar refractivity (Wildman–Crippen MR) is 75.5 cm³/mol. The van der Waals surface area contributed by atoms with E-state index < -0.39 is 0 Å². The predicted octanol–water partition coefficient (Wildman–Crippen LogP) is 1.93. The van der Waals surface area contributed by atoms with Crippen LogP contribution in [0.15, 0.2) is 30.5 Å². The average molecular weight is 276 g/mol. The maximum absolute atomic E-state index is 12.4. The molecule has 3 rings (SSSR count). The molecule has 4 nitrogen and oxygen atoms in total. The molecule has 0 bridgehead atoms. The van der Waals surface area contributed by atoms with E-state index in [-0.39, 0.29) is 5.91 Å². The number of pyridine rings is 1. The van der Waals surface area contributed by atoms with Gasteiger partial charge in [-0.05, 0) is 12.1 Å². The Balaban J connectivity index is 1.94. The summed E-state index contributed by atoms with van der Waals surface area (Å²) < 4.78 is 0. The topological polar surface area (TPSA) is 45.2 Å². The number of hydrogen-bond donors (Lipinski definition) is 1. The van der Waals surface area contributed by atoms with E-state index in [2.05, 4.69) is 10.3 Å². The van der Waals surface area contributed by atoms with Crippen LogP contribution < -0.4 is 5.32 Å². The Morgan fingerprint density at radius 2 is 2.11 bits per heavy atom. The lowest BCUT2D eigenvalue weighted by atomic mass is 10.1. The van der Waals surface area contributed by atoms with Crippen molar-refractivity contribution in [3.05, 3.63) is 41.0 Å². The molecule has 1 aliphatic rings. The number of carbonyl (C=O) groups excluding carboxylic acids is 1. The van der Waals surface area contributed by atoms with Gasteiger partial charge in [-0.1, -0.05) is 23.7 Å². The Hall–Kier alpha value is -1.65. The molecule has 5 heteroatoms. The Labute approximate surface area is 116 Å². The molecule has 1 amide bonds. The summed E-state index contributed by atoms with van der Waals surface area (Å²) >= 11 is 6.07. The highest BCUT2D eigenvalue weighted by molar-refractivity contribution is 6.35. The van der Waals surface area contributed by atoms with E-state index in [1.54, 1.807) is 12.3 Å². The van der Waals surface area contributed by atoms with Gasteiger partial charge in [0.25, 0.3) is 5.91 Å². The maximum Gasteiger partial charge on any atom is 0.255 e. The molecule has 1 N–H and O–H groups in total. The normalized spacial score (nSPS) is 15.7. The molecule has 0 aliphatic carbocycles. The van der Waals surface area contributed by atoms with Gasteiger partial charge >= 0.3 is 0 Å². The lowest BCUT2D eigenvalue weighted by molar-refractivity contribution is 0.0735. The Morgan fingerprint density at radius 3 is 2.89 bits per heavy atom. The summed E-state index contributed by atoms with van der Waals surface area (Å²) in [6, 6.07) is 7.45. The van der Waals surface area contributed by atoms with Crippen molar-refractivity contribution in [1.82, 2.24) is 15.2 Å². The van der Waals surface area contributed by atoms with Crippen LogP contribution in [0.2, 0.25) is 5.02 Å². The highest BCUT2D eigenvalue weighted by Crippen LogP contribution is 2.22. The molecule has 1 aromatic heterocycles. The zero-order chi connectivity index (χ0) is 13.2. The van der Waals surface area contributed by atoms with Crippen LogP contribution in [-0.4, -0.2) is 42.0 Å². The molecule has 1 aromatic carbocycles. The zero-order valence-electron chi connectivity index (χ0n) is 10.4. The molecule has 0 unspecified atom stereocenters. The fraction of sp³-hybridized carbons (Fsp3) is 0.286. The van der Waals surface area contributed by atoms with Crippen molar-refractivity contribution >= 4 is 28.4 Å². The third-order valence-corrected chi connectivity index (χ3v) is 3.62. The third kappa shape index (κ3) is 2.41. The van der Waals surface area contributed by atoms with Crippen molar-refractivity contribution in [2.24, 2.45) is 0 Å². The molecule has 0 saturated carbocycles. The summed E-state index contributed by atoms with van der Waals surface area (Å²) in [5.41, 5.74) is 1.36. The van der Waals surface area contributed by atoms with Crippen molar-refractivity contribution in [3.8, 4) is 0 Å². The number of aromatic nitrogens is 1. The van der Waals surface area contributed by atoms with Gasteiger partial charge < -0.3 is 10.2 Å². The number of benzene rings is 1. The summed E-state index contributed by atoms with van der Waals surface area (Å²) in [6.45, 7) is 3.18. The lowest BCUT2D eigenvalue weighted by Gasteiger charge is -2.27. The molecule has 1 saturated heterocycles. The van der Waals surface area contributed by atoms with Gasteiger partial charge in [-0.3, -0.25) is 9.78 Å². The summed E-state index contributed by atoms with van der Waals surface area (Å²) in [4.78, 5) is 18.5. The molecule has 19 heavy (non-hydrogen) atoms. The number of fused-ring (bicyclic) bond motifs is 1. The summed E-state index contributed by atoms with van der Waals surface area (Å²) in [5.74, 6) is 0.0378. The van der Waals surface area contributed by atoms with E-state index >= 15 is 0 Å². The first-order valence-electron chi connectivity index (χ1n) is 6.30. The molecule has 1 fully saturated rings. The van der Waals surface area contributed by atoms with Gasteiger partial charge in [-0.25, -0.2) is 0 Å². The molecule has 2 aromatic rings. The summed E-state index contributed by atoms with van der Waals surface area (Å²) in [7, 11) is 0. The van der Waals surface area contributed by atoms with E-state index in [1.807, 2.05) is 23.1 Å². The Kier molecular flexibility index (Phi) is 3.36. The highest BCUT2D eigenvalue weighted by atomic mass is 35.5. The van der Waals surface area contributed by atoms with Crippen molar-refractivity contribution in [2.75, 3.05) is 26.2 Å². The van der Waals surface area contributed by atoms with Crippen LogP contribution in [0.25, 0.3) is 10.9 Å². The molecular formula is C14H14ClN3O. The van der Waals surface area contributed by atoms with Gasteiger partial charge in [-0.15, -0.1) is 0 Å². The van der Waals surface area contributed by atoms with Crippen LogP contribution in [0.5, 0.6) is 0 Å². The minimum Gasteiger partial charge on any atom is -0.336 e. The second-order valence-corrected chi connectivity index (χ2v) is 4.98. The van der Waals surface area contributed by atoms with Crippen molar-refractivity contribution < 1.29 is 4.79 Å². The fourth-order valence-corrected chi connectivity index (χ4v) is 2.52. The molecule has 0 radical (unpaired) electrons. The van der Waals surface area contributed by atoms with Gasteiger partial charge in [0.05, 0.1) is 16.1 Å². The number of piperazine rings is 1. The quantitative estimate of drug-likeness (QED) is 0.865. The molecular weight excluding hydrogens is 262 g/mol. The standard InChI is InChI=1S/C14H14ClN3O/c15-12-3-1-2-10-8-11(9-17-13(10)12)14(19)18-6-4-16-5-7-18/h1-3,8-9,16H,4-7H2. The first-order chi connectivity index (χ1) is 9.25. The summed E-state index contributed by atoms with van der Waals surface area (Å²) in [6.07, 6.45) is 1.61. The fourth-order valence-electron chi connectivity index (χ4n) is 2.29. The van der Waals surface area contributed by atoms with Gasteiger partial charge in [0.15, 0.2) is 0 Å². The molecule has 1 aliphatic heterocycles. The first-order valence-corrected chi connectivity index (χ1v) is 6.68. The van der Waals surface area contributed by atoms with Crippen LogP contribution in [-0.2, 0) is 0 Å². The number of rotatable bonds is 1. The SMILES string of the molecule is O=C(c1cnc2c(Cl)cccc2c1)N1CCNCC1. The summed E-state index contributed by atoms with van der Waals surface area (Å²) in [5, 5.41) is 4.74. The zero-order valence-corrected chi connectivity index (χ0v) is 11.2. The minimum absolute atomic E-state index is 0.0378. The largest absolute Gasteiger partial charge is 0.336 e. The Bertz CT molecular complexity index is 623. The number of carbonyl (C=O) groups is 1. The van der Waals surface area contributed by atoms with Crippen molar-refractivity contribution in [1.29, 1.82) is 0 Å². The molecule has 2 heterocycles. The number of halogens is 1. The van der Waals surface area contributed by atoms with E-state index in [0.717, 1.165) is 37.1 Å². The number of hydrogen-bond acceptors (Lipinski definition) is 3. The van der Waals surface area contributed by atoms with Crippen LogP contribution in [0, 0.1) is 0 Å². The van der Waals surface area contributed by atoms with E-state index in [9.17, 15) is 4.79 Å². The monoisotopic (exact) mass is 275 g/mol. The smallest absolute Gasteiger partial charge is 0.255 e. The van der Waals surface area contributed by atoms with Crippen LogP contribution in [0.3, 0.4) is 0 Å². The van der Waals surface area contributed by atoms with Crippen molar-refractivity contribution in [3.63, 3.8) is 0 Å². The maximum atomic E-state index is 12.4.